The zero-order chi connectivity index (χ0) is 11.8. The third kappa shape index (κ3) is 1.59. The SMILES string of the molecule is CCC[C@]1([N+]2(C)CCCC2)C[S@](=O)[C@@H]1CC. The van der Waals surface area contributed by atoms with Crippen molar-refractivity contribution in [3.05, 3.63) is 0 Å². The van der Waals surface area contributed by atoms with Crippen LogP contribution in [0.15, 0.2) is 0 Å². The van der Waals surface area contributed by atoms with E-state index in [1.165, 1.54) is 43.3 Å². The van der Waals surface area contributed by atoms with Gasteiger partial charge in [0.25, 0.3) is 0 Å². The highest BCUT2D eigenvalue weighted by Crippen LogP contribution is 2.46. The van der Waals surface area contributed by atoms with Gasteiger partial charge in [0, 0.05) is 30.1 Å². The first-order valence-electron chi connectivity index (χ1n) is 6.81. The Kier molecular flexibility index (Phi) is 3.47. The van der Waals surface area contributed by atoms with Gasteiger partial charge in [-0.2, -0.15) is 0 Å². The summed E-state index contributed by atoms with van der Waals surface area (Å²) < 4.78 is 13.2. The van der Waals surface area contributed by atoms with Crippen LogP contribution >= 0.6 is 0 Å². The Morgan fingerprint density at radius 3 is 2.38 bits per heavy atom. The monoisotopic (exact) mass is 244 g/mol. The molecule has 3 atom stereocenters. The molecule has 0 aromatic carbocycles. The molecule has 94 valence electrons. The normalized spacial score (nSPS) is 41.9. The van der Waals surface area contributed by atoms with Gasteiger partial charge in [-0.05, 0) is 6.42 Å². The van der Waals surface area contributed by atoms with Crippen LogP contribution in [0, 0.1) is 0 Å². The van der Waals surface area contributed by atoms with Crippen molar-refractivity contribution in [1.82, 2.24) is 0 Å². The highest BCUT2D eigenvalue weighted by molar-refractivity contribution is 7.87. The minimum Gasteiger partial charge on any atom is -0.319 e. The van der Waals surface area contributed by atoms with Crippen molar-refractivity contribution in [2.24, 2.45) is 0 Å². The molecule has 2 heterocycles. The van der Waals surface area contributed by atoms with Crippen LogP contribution in [0.5, 0.6) is 0 Å². The van der Waals surface area contributed by atoms with Crippen molar-refractivity contribution in [3.8, 4) is 0 Å². The van der Waals surface area contributed by atoms with Gasteiger partial charge < -0.3 is 4.48 Å². The molecule has 0 bridgehead atoms. The van der Waals surface area contributed by atoms with Crippen molar-refractivity contribution in [3.63, 3.8) is 0 Å². The molecule has 0 aromatic heterocycles. The van der Waals surface area contributed by atoms with Gasteiger partial charge in [-0.25, -0.2) is 0 Å². The number of nitrogens with zero attached hydrogens (tertiary/aromatic N) is 1. The van der Waals surface area contributed by atoms with E-state index in [2.05, 4.69) is 20.9 Å². The molecule has 3 heteroatoms. The molecule has 2 nitrogen and oxygen atoms in total. The zero-order valence-corrected chi connectivity index (χ0v) is 11.8. The lowest BCUT2D eigenvalue weighted by Gasteiger charge is -2.58. The van der Waals surface area contributed by atoms with Gasteiger partial charge in [-0.1, -0.05) is 20.3 Å². The smallest absolute Gasteiger partial charge is 0.125 e. The lowest BCUT2D eigenvalue weighted by Crippen LogP contribution is -2.75. The molecule has 0 radical (unpaired) electrons. The van der Waals surface area contributed by atoms with Crippen molar-refractivity contribution in [2.45, 2.75) is 56.7 Å². The predicted octanol–water partition coefficient (Wildman–Crippen LogP) is 2.31. The number of likely N-dealkylation sites (tertiary alicyclic amines) is 1. The molecule has 2 fully saturated rings. The predicted molar refractivity (Wildman–Crippen MR) is 69.9 cm³/mol. The molecule has 2 aliphatic rings. The van der Waals surface area contributed by atoms with Crippen molar-refractivity contribution in [1.29, 1.82) is 0 Å². The first-order valence-corrected chi connectivity index (χ1v) is 8.19. The summed E-state index contributed by atoms with van der Waals surface area (Å²) >= 11 is 0. The molecule has 0 spiro atoms. The number of quaternary nitrogens is 1. The summed E-state index contributed by atoms with van der Waals surface area (Å²) in [6, 6.07) is 0. The molecule has 0 aromatic rings. The highest BCUT2D eigenvalue weighted by atomic mass is 32.2. The van der Waals surface area contributed by atoms with Gasteiger partial charge in [0.15, 0.2) is 0 Å². The van der Waals surface area contributed by atoms with E-state index in [0.29, 0.717) is 10.8 Å². The molecule has 2 saturated heterocycles. The zero-order valence-electron chi connectivity index (χ0n) is 11.0. The van der Waals surface area contributed by atoms with E-state index in [4.69, 9.17) is 0 Å². The second-order valence-corrected chi connectivity index (χ2v) is 7.44. The Morgan fingerprint density at radius 2 is 1.94 bits per heavy atom. The molecule has 0 N–H and O–H groups in total. The molecule has 0 unspecified atom stereocenters. The first-order chi connectivity index (χ1) is 7.59. The standard InChI is InChI=1S/C13H26NOS/c1-4-8-13(11-16(15)12(13)5-2)14(3)9-6-7-10-14/h12H,4-11H2,1-3H3/q+1/t12-,13+,16+/m1/s1. The summed E-state index contributed by atoms with van der Waals surface area (Å²) in [7, 11) is 1.88. The van der Waals surface area contributed by atoms with Gasteiger partial charge >= 0.3 is 0 Å². The van der Waals surface area contributed by atoms with E-state index >= 15 is 0 Å². The molecular weight excluding hydrogens is 218 g/mol. The molecule has 0 saturated carbocycles. The van der Waals surface area contributed by atoms with Crippen LogP contribution < -0.4 is 0 Å². The van der Waals surface area contributed by atoms with Gasteiger partial charge in [-0.15, -0.1) is 0 Å². The fourth-order valence-electron chi connectivity index (χ4n) is 4.07. The van der Waals surface area contributed by atoms with Crippen LogP contribution in [0.1, 0.15) is 46.0 Å². The third-order valence-electron chi connectivity index (χ3n) is 4.99. The highest BCUT2D eigenvalue weighted by Gasteiger charge is 2.63. The van der Waals surface area contributed by atoms with E-state index in [1.54, 1.807) is 0 Å². The summed E-state index contributed by atoms with van der Waals surface area (Å²) in [4.78, 5) is 0. The summed E-state index contributed by atoms with van der Waals surface area (Å²) in [5, 5.41) is 0.468. The largest absolute Gasteiger partial charge is 0.319 e. The molecular formula is C13H26NOS+. The van der Waals surface area contributed by atoms with Gasteiger partial charge in [0.2, 0.25) is 0 Å². The maximum absolute atomic E-state index is 12.0. The van der Waals surface area contributed by atoms with Gasteiger partial charge in [0.1, 0.15) is 5.54 Å². The second-order valence-electron chi connectivity index (χ2n) is 5.83. The maximum atomic E-state index is 12.0. The van der Waals surface area contributed by atoms with Crippen molar-refractivity contribution in [2.75, 3.05) is 25.9 Å². The Morgan fingerprint density at radius 1 is 1.31 bits per heavy atom. The Balaban J connectivity index is 2.25. The summed E-state index contributed by atoms with van der Waals surface area (Å²) in [5.41, 5.74) is 0.366. The molecule has 0 amide bonds. The molecule has 2 rings (SSSR count). The lowest BCUT2D eigenvalue weighted by molar-refractivity contribution is -0.948. The van der Waals surface area contributed by atoms with E-state index in [-0.39, 0.29) is 0 Å². The Labute approximate surface area is 102 Å². The van der Waals surface area contributed by atoms with E-state index in [0.717, 1.165) is 12.2 Å². The average molecular weight is 244 g/mol. The average Bonchev–Trinajstić information content (AvgIpc) is 2.66. The Hall–Kier alpha value is 0.110. The summed E-state index contributed by atoms with van der Waals surface area (Å²) in [5.74, 6) is 0.968. The van der Waals surface area contributed by atoms with E-state index in [9.17, 15) is 4.21 Å². The van der Waals surface area contributed by atoms with E-state index in [1.807, 2.05) is 0 Å². The summed E-state index contributed by atoms with van der Waals surface area (Å²) in [6.07, 6.45) is 6.34. The van der Waals surface area contributed by atoms with E-state index < -0.39 is 10.8 Å². The lowest BCUT2D eigenvalue weighted by atomic mass is 9.85. The number of hydrogen-bond donors (Lipinski definition) is 0. The molecule has 0 aliphatic carbocycles. The van der Waals surface area contributed by atoms with Crippen molar-refractivity contribution < 1.29 is 8.69 Å². The number of hydrogen-bond acceptors (Lipinski definition) is 1. The van der Waals surface area contributed by atoms with Gasteiger partial charge in [0.05, 0.1) is 31.1 Å². The minimum absolute atomic E-state index is 0.366. The Bertz CT molecular complexity index is 286. The second kappa shape index (κ2) is 4.41. The quantitative estimate of drug-likeness (QED) is 0.694. The number of rotatable bonds is 4. The summed E-state index contributed by atoms with van der Waals surface area (Å²) in [6.45, 7) is 7.12. The van der Waals surface area contributed by atoms with Crippen LogP contribution in [0.3, 0.4) is 0 Å². The topological polar surface area (TPSA) is 17.1 Å². The fourth-order valence-corrected chi connectivity index (χ4v) is 6.44. The van der Waals surface area contributed by atoms with Crippen LogP contribution in [0.25, 0.3) is 0 Å². The fraction of sp³-hybridized carbons (Fsp3) is 1.00. The first kappa shape index (κ1) is 12.6. The van der Waals surface area contributed by atoms with Crippen LogP contribution in [-0.4, -0.2) is 45.4 Å². The van der Waals surface area contributed by atoms with Crippen molar-refractivity contribution >= 4 is 10.8 Å². The van der Waals surface area contributed by atoms with Crippen LogP contribution in [-0.2, 0) is 10.8 Å². The van der Waals surface area contributed by atoms with Gasteiger partial charge in [-0.3, -0.25) is 4.21 Å². The maximum Gasteiger partial charge on any atom is 0.125 e. The third-order valence-corrected chi connectivity index (χ3v) is 7.18. The van der Waals surface area contributed by atoms with Crippen LogP contribution in [0.2, 0.25) is 0 Å². The minimum atomic E-state index is -0.538. The van der Waals surface area contributed by atoms with Crippen LogP contribution in [0.4, 0.5) is 0 Å². The molecule has 2 aliphatic heterocycles. The molecule has 16 heavy (non-hydrogen) atoms.